The number of para-hydroxylation sites is 2. The molecule has 27 heavy (non-hydrogen) atoms. The second kappa shape index (κ2) is 8.48. The number of sulfonamides is 1. The lowest BCUT2D eigenvalue weighted by Crippen LogP contribution is -2.46. The van der Waals surface area contributed by atoms with Crippen LogP contribution in [-0.4, -0.2) is 71.4 Å². The normalized spacial score (nSPS) is 19.2. The predicted molar refractivity (Wildman–Crippen MR) is 107 cm³/mol. The zero-order chi connectivity index (χ0) is 19.4. The van der Waals surface area contributed by atoms with E-state index in [-0.39, 0.29) is 12.5 Å². The van der Waals surface area contributed by atoms with Gasteiger partial charge in [0, 0.05) is 26.2 Å². The van der Waals surface area contributed by atoms with Crippen molar-refractivity contribution in [1.29, 1.82) is 0 Å². The molecule has 150 valence electrons. The summed E-state index contributed by atoms with van der Waals surface area (Å²) in [5.41, 5.74) is 1.38. The van der Waals surface area contributed by atoms with E-state index in [0.29, 0.717) is 51.0 Å². The molecule has 2 fully saturated rings. The van der Waals surface area contributed by atoms with Crippen LogP contribution in [0.1, 0.15) is 19.8 Å². The van der Waals surface area contributed by atoms with Crippen LogP contribution in [0, 0.1) is 5.92 Å². The molecule has 2 aliphatic rings. The van der Waals surface area contributed by atoms with Crippen molar-refractivity contribution in [1.82, 2.24) is 4.90 Å². The monoisotopic (exact) mass is 395 g/mol. The summed E-state index contributed by atoms with van der Waals surface area (Å²) in [6, 6.07) is 7.39. The maximum atomic E-state index is 12.8. The molecule has 2 aliphatic heterocycles. The molecule has 0 spiro atoms. The first-order chi connectivity index (χ1) is 12.9. The van der Waals surface area contributed by atoms with Crippen molar-refractivity contribution in [3.8, 4) is 0 Å². The third-order valence-electron chi connectivity index (χ3n) is 5.32. The van der Waals surface area contributed by atoms with E-state index in [0.717, 1.165) is 24.8 Å². The molecule has 2 saturated heterocycles. The van der Waals surface area contributed by atoms with Crippen molar-refractivity contribution < 1.29 is 17.9 Å². The van der Waals surface area contributed by atoms with Crippen LogP contribution in [0.4, 0.5) is 11.4 Å². The Kier molecular flexibility index (Phi) is 6.26. The molecule has 7 nitrogen and oxygen atoms in total. The van der Waals surface area contributed by atoms with E-state index in [1.54, 1.807) is 11.0 Å². The standard InChI is InChI=1S/C19H29N3O4S/c1-16-7-9-21(10-8-16)19(23)15-22(27(2,24)25)18-6-4-3-5-17(18)20-11-13-26-14-12-20/h3-6,16H,7-15H2,1-2H3. The fourth-order valence-corrected chi connectivity index (χ4v) is 4.47. The molecule has 8 heteroatoms. The highest BCUT2D eigenvalue weighted by Gasteiger charge is 2.28. The number of likely N-dealkylation sites (tertiary alicyclic amines) is 1. The van der Waals surface area contributed by atoms with Crippen LogP contribution >= 0.6 is 0 Å². The van der Waals surface area contributed by atoms with E-state index < -0.39 is 10.0 Å². The second-order valence-electron chi connectivity index (χ2n) is 7.42. The SMILES string of the molecule is CC1CCN(C(=O)CN(c2ccccc2N2CCOCC2)S(C)(=O)=O)CC1. The maximum Gasteiger partial charge on any atom is 0.243 e. The van der Waals surface area contributed by atoms with Gasteiger partial charge in [0.25, 0.3) is 0 Å². The number of carbonyl (C=O) groups excluding carboxylic acids is 1. The third kappa shape index (κ3) is 4.93. The van der Waals surface area contributed by atoms with Gasteiger partial charge in [0.15, 0.2) is 0 Å². The Morgan fingerprint density at radius 1 is 1.15 bits per heavy atom. The fraction of sp³-hybridized carbons (Fsp3) is 0.632. The van der Waals surface area contributed by atoms with Gasteiger partial charge in [-0.3, -0.25) is 9.10 Å². The van der Waals surface area contributed by atoms with Crippen LogP contribution in [0.25, 0.3) is 0 Å². The smallest absolute Gasteiger partial charge is 0.243 e. The third-order valence-corrected chi connectivity index (χ3v) is 6.44. The summed E-state index contributed by atoms with van der Waals surface area (Å²) in [5.74, 6) is 0.478. The molecule has 1 amide bonds. The minimum absolute atomic E-state index is 0.135. The Hall–Kier alpha value is -1.80. The second-order valence-corrected chi connectivity index (χ2v) is 9.33. The van der Waals surface area contributed by atoms with Gasteiger partial charge in [0.2, 0.25) is 15.9 Å². The molecule has 0 unspecified atom stereocenters. The van der Waals surface area contributed by atoms with E-state index in [9.17, 15) is 13.2 Å². The number of anilines is 2. The summed E-state index contributed by atoms with van der Waals surface area (Å²) in [7, 11) is -3.60. The molecule has 1 aromatic carbocycles. The molecule has 0 radical (unpaired) electrons. The van der Waals surface area contributed by atoms with Gasteiger partial charge < -0.3 is 14.5 Å². The summed E-state index contributed by atoms with van der Waals surface area (Å²) in [6.45, 7) is 6.04. The van der Waals surface area contributed by atoms with Crippen LogP contribution in [0.2, 0.25) is 0 Å². The number of hydrogen-bond acceptors (Lipinski definition) is 5. The van der Waals surface area contributed by atoms with Crippen LogP contribution in [0.5, 0.6) is 0 Å². The van der Waals surface area contributed by atoms with Crippen molar-refractivity contribution in [3.63, 3.8) is 0 Å². The van der Waals surface area contributed by atoms with Gasteiger partial charge in [-0.05, 0) is 30.9 Å². The van der Waals surface area contributed by atoms with Gasteiger partial charge in [-0.25, -0.2) is 8.42 Å². The average molecular weight is 396 g/mol. The topological polar surface area (TPSA) is 70.2 Å². The number of hydrogen-bond donors (Lipinski definition) is 0. The zero-order valence-corrected chi connectivity index (χ0v) is 17.0. The minimum atomic E-state index is -3.60. The predicted octanol–water partition coefficient (Wildman–Crippen LogP) is 1.55. The summed E-state index contributed by atoms with van der Waals surface area (Å²) < 4.78 is 31.8. The van der Waals surface area contributed by atoms with Gasteiger partial charge in [0.05, 0.1) is 30.8 Å². The molecule has 0 saturated carbocycles. The molecule has 0 aliphatic carbocycles. The first-order valence-electron chi connectivity index (χ1n) is 9.53. The number of carbonyl (C=O) groups is 1. The Morgan fingerprint density at radius 2 is 1.78 bits per heavy atom. The Morgan fingerprint density at radius 3 is 2.41 bits per heavy atom. The van der Waals surface area contributed by atoms with Crippen LogP contribution < -0.4 is 9.21 Å². The van der Waals surface area contributed by atoms with Gasteiger partial charge in [0.1, 0.15) is 6.54 Å². The average Bonchev–Trinajstić information content (AvgIpc) is 2.66. The van der Waals surface area contributed by atoms with Gasteiger partial charge >= 0.3 is 0 Å². The number of piperidine rings is 1. The number of rotatable bonds is 5. The quantitative estimate of drug-likeness (QED) is 0.757. The number of ether oxygens (including phenoxy) is 1. The molecule has 0 atom stereocenters. The highest BCUT2D eigenvalue weighted by molar-refractivity contribution is 7.92. The summed E-state index contributed by atoms with van der Waals surface area (Å²) in [6.07, 6.45) is 3.10. The molecule has 3 rings (SSSR count). The van der Waals surface area contributed by atoms with Gasteiger partial charge in [-0.1, -0.05) is 19.1 Å². The zero-order valence-electron chi connectivity index (χ0n) is 16.1. The summed E-state index contributed by atoms with van der Waals surface area (Å²) in [4.78, 5) is 16.7. The highest BCUT2D eigenvalue weighted by atomic mass is 32.2. The Balaban J connectivity index is 1.84. The molecule has 0 N–H and O–H groups in total. The number of amides is 1. The molecular formula is C19H29N3O4S. The van der Waals surface area contributed by atoms with Crippen LogP contribution in [-0.2, 0) is 19.6 Å². The highest BCUT2D eigenvalue weighted by Crippen LogP contribution is 2.31. The molecular weight excluding hydrogens is 366 g/mol. The first kappa shape index (κ1) is 19.9. The number of morpholine rings is 1. The van der Waals surface area contributed by atoms with E-state index in [1.807, 2.05) is 18.2 Å². The Bertz CT molecular complexity index is 754. The first-order valence-corrected chi connectivity index (χ1v) is 11.4. The summed E-state index contributed by atoms with van der Waals surface area (Å²) >= 11 is 0. The number of nitrogens with zero attached hydrogens (tertiary/aromatic N) is 3. The largest absolute Gasteiger partial charge is 0.378 e. The lowest BCUT2D eigenvalue weighted by molar-refractivity contribution is -0.130. The molecule has 0 aromatic heterocycles. The number of benzene rings is 1. The van der Waals surface area contributed by atoms with Crippen molar-refractivity contribution in [2.75, 3.05) is 61.4 Å². The van der Waals surface area contributed by atoms with Gasteiger partial charge in [-0.15, -0.1) is 0 Å². The van der Waals surface area contributed by atoms with Crippen molar-refractivity contribution in [2.45, 2.75) is 19.8 Å². The maximum absolute atomic E-state index is 12.8. The van der Waals surface area contributed by atoms with Crippen molar-refractivity contribution in [3.05, 3.63) is 24.3 Å². The van der Waals surface area contributed by atoms with E-state index >= 15 is 0 Å². The molecule has 1 aromatic rings. The van der Waals surface area contributed by atoms with E-state index in [2.05, 4.69) is 11.8 Å². The fourth-order valence-electron chi connectivity index (χ4n) is 3.61. The lowest BCUT2D eigenvalue weighted by Gasteiger charge is -2.35. The van der Waals surface area contributed by atoms with Crippen LogP contribution in [0.15, 0.2) is 24.3 Å². The minimum Gasteiger partial charge on any atom is -0.378 e. The Labute approximate surface area is 161 Å². The van der Waals surface area contributed by atoms with Crippen molar-refractivity contribution in [2.24, 2.45) is 5.92 Å². The van der Waals surface area contributed by atoms with Crippen molar-refractivity contribution >= 4 is 27.3 Å². The molecule has 2 heterocycles. The molecule has 0 bridgehead atoms. The van der Waals surface area contributed by atoms with Gasteiger partial charge in [-0.2, -0.15) is 0 Å². The summed E-state index contributed by atoms with van der Waals surface area (Å²) in [5, 5.41) is 0. The van der Waals surface area contributed by atoms with E-state index in [1.165, 1.54) is 4.31 Å². The van der Waals surface area contributed by atoms with E-state index in [4.69, 9.17) is 4.74 Å². The lowest BCUT2D eigenvalue weighted by atomic mass is 9.99. The van der Waals surface area contributed by atoms with Crippen LogP contribution in [0.3, 0.4) is 0 Å².